The maximum Gasteiger partial charge on any atom is 0.248 e. The first-order valence-corrected chi connectivity index (χ1v) is 8.28. The zero-order valence-electron chi connectivity index (χ0n) is 13.2. The topological polar surface area (TPSA) is 58.6 Å². The Balaban J connectivity index is 1.57. The summed E-state index contributed by atoms with van der Waals surface area (Å²) in [6.07, 6.45) is 4.59. The highest BCUT2D eigenvalue weighted by Crippen LogP contribution is 2.34. The molecule has 1 amide bonds. The maximum atomic E-state index is 12.1. The molecule has 0 saturated heterocycles. The van der Waals surface area contributed by atoms with E-state index < -0.39 is 11.7 Å². The van der Waals surface area contributed by atoms with Crippen molar-refractivity contribution in [3.05, 3.63) is 35.4 Å². The average molecular weight is 303 g/mol. The molecule has 2 aliphatic rings. The molecular weight excluding hydrogens is 278 g/mol. The summed E-state index contributed by atoms with van der Waals surface area (Å²) >= 11 is 0. The number of aryl methyl sites for hydroxylation is 1. The van der Waals surface area contributed by atoms with Gasteiger partial charge < -0.3 is 15.2 Å². The maximum absolute atomic E-state index is 12.1. The standard InChI is InChI=1S/C18H25NO3/c1-13(22-11-14-8-9-14)17(20)19-12-18(21)10-4-6-15-5-2-3-7-16(15)18/h2-3,5,7,13-14,21H,4,6,8-12H2,1H3,(H,19,20). The molecule has 0 spiro atoms. The lowest BCUT2D eigenvalue weighted by Crippen LogP contribution is -2.45. The highest BCUT2D eigenvalue weighted by Gasteiger charge is 2.35. The molecule has 4 nitrogen and oxygen atoms in total. The van der Waals surface area contributed by atoms with E-state index in [0.717, 1.165) is 18.4 Å². The second kappa shape index (κ2) is 6.39. The number of hydrogen-bond acceptors (Lipinski definition) is 3. The predicted molar refractivity (Wildman–Crippen MR) is 84.4 cm³/mol. The van der Waals surface area contributed by atoms with Crippen molar-refractivity contribution in [2.45, 2.75) is 50.7 Å². The first-order chi connectivity index (χ1) is 10.6. The average Bonchev–Trinajstić information content (AvgIpc) is 3.35. The van der Waals surface area contributed by atoms with Crippen molar-refractivity contribution >= 4 is 5.91 Å². The minimum atomic E-state index is -0.958. The van der Waals surface area contributed by atoms with Gasteiger partial charge in [-0.1, -0.05) is 24.3 Å². The van der Waals surface area contributed by atoms with E-state index >= 15 is 0 Å². The van der Waals surface area contributed by atoms with E-state index in [-0.39, 0.29) is 12.5 Å². The number of rotatable bonds is 6. The molecule has 0 aromatic heterocycles. The van der Waals surface area contributed by atoms with Crippen LogP contribution < -0.4 is 5.32 Å². The summed E-state index contributed by atoms with van der Waals surface area (Å²) in [6.45, 7) is 2.69. The summed E-state index contributed by atoms with van der Waals surface area (Å²) in [4.78, 5) is 12.1. The quantitative estimate of drug-likeness (QED) is 0.846. The molecule has 2 N–H and O–H groups in total. The Hall–Kier alpha value is -1.39. The number of hydrogen-bond donors (Lipinski definition) is 2. The molecular formula is C18H25NO3. The number of carbonyl (C=O) groups is 1. The van der Waals surface area contributed by atoms with Crippen molar-refractivity contribution in [1.82, 2.24) is 5.32 Å². The van der Waals surface area contributed by atoms with Gasteiger partial charge in [0.1, 0.15) is 11.7 Å². The molecule has 1 aromatic carbocycles. The lowest BCUT2D eigenvalue weighted by Gasteiger charge is -2.35. The fourth-order valence-electron chi connectivity index (χ4n) is 3.10. The van der Waals surface area contributed by atoms with Gasteiger partial charge in [0, 0.05) is 0 Å². The van der Waals surface area contributed by atoms with E-state index in [9.17, 15) is 9.90 Å². The van der Waals surface area contributed by atoms with Crippen LogP contribution in [0.3, 0.4) is 0 Å². The molecule has 3 rings (SSSR count). The van der Waals surface area contributed by atoms with Gasteiger partial charge in [-0.25, -0.2) is 0 Å². The van der Waals surface area contributed by atoms with Crippen molar-refractivity contribution in [3.8, 4) is 0 Å². The molecule has 22 heavy (non-hydrogen) atoms. The minimum Gasteiger partial charge on any atom is -0.383 e. The number of nitrogens with one attached hydrogen (secondary N) is 1. The summed E-state index contributed by atoms with van der Waals surface area (Å²) in [5, 5.41) is 13.8. The molecule has 1 fully saturated rings. The third-order valence-electron chi connectivity index (χ3n) is 4.76. The van der Waals surface area contributed by atoms with E-state index in [0.29, 0.717) is 18.9 Å². The molecule has 120 valence electrons. The van der Waals surface area contributed by atoms with Gasteiger partial charge in [-0.2, -0.15) is 0 Å². The SMILES string of the molecule is CC(OCC1CC1)C(=O)NCC1(O)CCCc2ccccc21. The van der Waals surface area contributed by atoms with Gasteiger partial charge in [-0.3, -0.25) is 4.79 Å². The van der Waals surface area contributed by atoms with Crippen LogP contribution in [0.15, 0.2) is 24.3 Å². The summed E-state index contributed by atoms with van der Waals surface area (Å²) in [5.74, 6) is 0.502. The third-order valence-corrected chi connectivity index (χ3v) is 4.76. The smallest absolute Gasteiger partial charge is 0.248 e. The van der Waals surface area contributed by atoms with E-state index in [1.807, 2.05) is 18.2 Å². The molecule has 2 atom stereocenters. The summed E-state index contributed by atoms with van der Waals surface area (Å²) in [7, 11) is 0. The van der Waals surface area contributed by atoms with E-state index in [1.165, 1.54) is 18.4 Å². The molecule has 0 aliphatic heterocycles. The monoisotopic (exact) mass is 303 g/mol. The molecule has 2 unspecified atom stereocenters. The number of aliphatic hydroxyl groups is 1. The first kappa shape index (κ1) is 15.5. The number of carbonyl (C=O) groups excluding carboxylic acids is 1. The number of fused-ring (bicyclic) bond motifs is 1. The van der Waals surface area contributed by atoms with Gasteiger partial charge in [0.25, 0.3) is 0 Å². The Morgan fingerprint density at radius 1 is 1.45 bits per heavy atom. The molecule has 4 heteroatoms. The van der Waals surface area contributed by atoms with Crippen molar-refractivity contribution < 1.29 is 14.6 Å². The molecule has 0 heterocycles. The lowest BCUT2D eigenvalue weighted by molar-refractivity contribution is -0.133. The summed E-state index contributed by atoms with van der Waals surface area (Å²) in [6, 6.07) is 7.96. The van der Waals surface area contributed by atoms with Crippen molar-refractivity contribution in [1.29, 1.82) is 0 Å². The summed E-state index contributed by atoms with van der Waals surface area (Å²) in [5.41, 5.74) is 1.18. The molecule has 1 aromatic rings. The van der Waals surface area contributed by atoms with Crippen LogP contribution in [0.5, 0.6) is 0 Å². The van der Waals surface area contributed by atoms with Gasteiger partial charge >= 0.3 is 0 Å². The number of benzene rings is 1. The Morgan fingerprint density at radius 3 is 3.00 bits per heavy atom. The lowest BCUT2D eigenvalue weighted by atomic mass is 9.79. The molecule has 0 bridgehead atoms. The first-order valence-electron chi connectivity index (χ1n) is 8.28. The highest BCUT2D eigenvalue weighted by atomic mass is 16.5. The van der Waals surface area contributed by atoms with Gasteiger partial charge in [0.2, 0.25) is 5.91 Å². The Morgan fingerprint density at radius 2 is 2.23 bits per heavy atom. The van der Waals surface area contributed by atoms with Crippen LogP contribution in [0.25, 0.3) is 0 Å². The molecule has 0 radical (unpaired) electrons. The van der Waals surface area contributed by atoms with E-state index in [1.54, 1.807) is 6.92 Å². The Kier molecular flexibility index (Phi) is 4.50. The predicted octanol–water partition coefficient (Wildman–Crippen LogP) is 2.14. The fraction of sp³-hybridized carbons (Fsp3) is 0.611. The van der Waals surface area contributed by atoms with Gasteiger partial charge in [0.15, 0.2) is 0 Å². The van der Waals surface area contributed by atoms with Gasteiger partial charge in [0.05, 0.1) is 13.2 Å². The second-order valence-corrected chi connectivity index (χ2v) is 6.68. The highest BCUT2D eigenvalue weighted by molar-refractivity contribution is 5.80. The Labute approximate surface area is 131 Å². The van der Waals surface area contributed by atoms with Gasteiger partial charge in [-0.15, -0.1) is 0 Å². The normalized spacial score (nSPS) is 25.4. The zero-order valence-corrected chi connectivity index (χ0v) is 13.2. The van der Waals surface area contributed by atoms with Crippen LogP contribution in [0.1, 0.15) is 43.7 Å². The number of amides is 1. The van der Waals surface area contributed by atoms with Crippen LogP contribution in [0.2, 0.25) is 0 Å². The van der Waals surface area contributed by atoms with E-state index in [2.05, 4.69) is 11.4 Å². The second-order valence-electron chi connectivity index (χ2n) is 6.68. The van der Waals surface area contributed by atoms with Crippen LogP contribution in [-0.2, 0) is 21.6 Å². The molecule has 2 aliphatic carbocycles. The van der Waals surface area contributed by atoms with Crippen molar-refractivity contribution in [3.63, 3.8) is 0 Å². The van der Waals surface area contributed by atoms with Crippen molar-refractivity contribution in [2.24, 2.45) is 5.92 Å². The minimum absolute atomic E-state index is 0.142. The van der Waals surface area contributed by atoms with Crippen LogP contribution in [0, 0.1) is 5.92 Å². The number of ether oxygens (including phenoxy) is 1. The van der Waals surface area contributed by atoms with Crippen molar-refractivity contribution in [2.75, 3.05) is 13.2 Å². The molecule has 1 saturated carbocycles. The van der Waals surface area contributed by atoms with Gasteiger partial charge in [-0.05, 0) is 56.1 Å². The van der Waals surface area contributed by atoms with E-state index in [4.69, 9.17) is 4.74 Å². The largest absolute Gasteiger partial charge is 0.383 e. The van der Waals surface area contributed by atoms with Crippen LogP contribution in [-0.4, -0.2) is 30.3 Å². The zero-order chi connectivity index (χ0) is 15.6. The van der Waals surface area contributed by atoms with Crippen LogP contribution in [0.4, 0.5) is 0 Å². The van der Waals surface area contributed by atoms with Crippen LogP contribution >= 0.6 is 0 Å². The third kappa shape index (κ3) is 3.50. The Bertz CT molecular complexity index is 541. The summed E-state index contributed by atoms with van der Waals surface area (Å²) < 4.78 is 5.58. The fourth-order valence-corrected chi connectivity index (χ4v) is 3.10.